The fourth-order valence-electron chi connectivity index (χ4n) is 3.82. The number of aliphatic carboxylic acids is 1. The Balaban J connectivity index is 1.79. The zero-order valence-electron chi connectivity index (χ0n) is 14.0. The molecule has 134 valence electrons. The van der Waals surface area contributed by atoms with Crippen molar-refractivity contribution in [2.75, 3.05) is 20.1 Å². The van der Waals surface area contributed by atoms with Crippen LogP contribution in [-0.2, 0) is 14.4 Å². The highest BCUT2D eigenvalue weighted by Crippen LogP contribution is 2.39. The standard InChI is InChI=1S/C18H21ClN2O4/c1-20-15(22)10-14(16(20)12-3-2-4-13(19)9-12)17(23)21-7-5-11(6-8-21)18(24)25/h2-4,9,11,14,16H,5-8,10H2,1H3,(H,24,25)/t14-,16-/m0/s1. The molecule has 0 saturated carbocycles. The van der Waals surface area contributed by atoms with E-state index in [0.29, 0.717) is 31.0 Å². The molecule has 6 nitrogen and oxygen atoms in total. The van der Waals surface area contributed by atoms with Gasteiger partial charge in [0.15, 0.2) is 0 Å². The molecule has 2 saturated heterocycles. The highest BCUT2D eigenvalue weighted by atomic mass is 35.5. The van der Waals surface area contributed by atoms with E-state index in [0.717, 1.165) is 5.56 Å². The van der Waals surface area contributed by atoms with Gasteiger partial charge in [-0.2, -0.15) is 0 Å². The lowest BCUT2D eigenvalue weighted by Crippen LogP contribution is -2.44. The van der Waals surface area contributed by atoms with E-state index in [-0.39, 0.29) is 30.2 Å². The molecule has 0 aromatic heterocycles. The van der Waals surface area contributed by atoms with E-state index in [9.17, 15) is 14.4 Å². The summed E-state index contributed by atoms with van der Waals surface area (Å²) in [6.07, 6.45) is 1.09. The zero-order valence-corrected chi connectivity index (χ0v) is 14.8. The third-order valence-corrected chi connectivity index (χ3v) is 5.48. The van der Waals surface area contributed by atoms with Crippen LogP contribution < -0.4 is 0 Å². The van der Waals surface area contributed by atoms with Crippen molar-refractivity contribution in [2.24, 2.45) is 11.8 Å². The van der Waals surface area contributed by atoms with Crippen molar-refractivity contribution >= 4 is 29.4 Å². The van der Waals surface area contributed by atoms with E-state index in [1.165, 1.54) is 0 Å². The summed E-state index contributed by atoms with van der Waals surface area (Å²) in [5.41, 5.74) is 0.847. The molecule has 3 rings (SSSR count). The largest absolute Gasteiger partial charge is 0.481 e. The smallest absolute Gasteiger partial charge is 0.306 e. The first kappa shape index (κ1) is 17.7. The summed E-state index contributed by atoms with van der Waals surface area (Å²) in [5.74, 6) is -1.80. The number of carboxylic acids is 1. The van der Waals surface area contributed by atoms with Crippen molar-refractivity contribution in [1.82, 2.24) is 9.80 Å². The number of benzene rings is 1. The molecular formula is C18H21ClN2O4. The first-order valence-corrected chi connectivity index (χ1v) is 8.79. The fourth-order valence-corrected chi connectivity index (χ4v) is 4.02. The summed E-state index contributed by atoms with van der Waals surface area (Å²) in [6.45, 7) is 0.846. The molecule has 1 N–H and O–H groups in total. The molecule has 0 aliphatic carbocycles. The second-order valence-corrected chi connectivity index (χ2v) is 7.19. The maximum atomic E-state index is 13.0. The third-order valence-electron chi connectivity index (χ3n) is 5.25. The van der Waals surface area contributed by atoms with Crippen LogP contribution in [0.4, 0.5) is 0 Å². The van der Waals surface area contributed by atoms with Crippen LogP contribution in [0.15, 0.2) is 24.3 Å². The summed E-state index contributed by atoms with van der Waals surface area (Å²) in [7, 11) is 1.71. The molecule has 2 atom stereocenters. The molecule has 1 aromatic rings. The van der Waals surface area contributed by atoms with Gasteiger partial charge in [-0.3, -0.25) is 14.4 Å². The number of piperidine rings is 1. The number of carboxylic acid groups (broad SMARTS) is 1. The summed E-state index contributed by atoms with van der Waals surface area (Å²) < 4.78 is 0. The van der Waals surface area contributed by atoms with Gasteiger partial charge in [-0.05, 0) is 30.5 Å². The average Bonchev–Trinajstić information content (AvgIpc) is 2.89. The minimum absolute atomic E-state index is 0.0660. The van der Waals surface area contributed by atoms with E-state index in [1.54, 1.807) is 29.0 Å². The summed E-state index contributed by atoms with van der Waals surface area (Å²) in [5, 5.41) is 9.66. The highest BCUT2D eigenvalue weighted by molar-refractivity contribution is 6.30. The van der Waals surface area contributed by atoms with Crippen LogP contribution >= 0.6 is 11.6 Å². The number of likely N-dealkylation sites (tertiary alicyclic amines) is 2. The van der Waals surface area contributed by atoms with Gasteiger partial charge in [0.2, 0.25) is 11.8 Å². The van der Waals surface area contributed by atoms with Gasteiger partial charge in [0.25, 0.3) is 0 Å². The Bertz CT molecular complexity index is 700. The molecule has 0 bridgehead atoms. The van der Waals surface area contributed by atoms with E-state index < -0.39 is 11.9 Å². The van der Waals surface area contributed by atoms with Crippen LogP contribution in [0.1, 0.15) is 30.9 Å². The Labute approximate surface area is 151 Å². The van der Waals surface area contributed by atoms with Crippen molar-refractivity contribution in [3.05, 3.63) is 34.9 Å². The van der Waals surface area contributed by atoms with Gasteiger partial charge in [0.1, 0.15) is 0 Å². The van der Waals surface area contributed by atoms with Gasteiger partial charge in [-0.15, -0.1) is 0 Å². The fraction of sp³-hybridized carbons (Fsp3) is 0.500. The van der Waals surface area contributed by atoms with E-state index in [4.69, 9.17) is 16.7 Å². The topological polar surface area (TPSA) is 77.9 Å². The third kappa shape index (κ3) is 3.49. The molecule has 0 spiro atoms. The predicted molar refractivity (Wildman–Crippen MR) is 92.0 cm³/mol. The number of rotatable bonds is 3. The summed E-state index contributed by atoms with van der Waals surface area (Å²) in [6, 6.07) is 6.90. The van der Waals surface area contributed by atoms with Crippen LogP contribution in [0.2, 0.25) is 5.02 Å². The molecule has 0 unspecified atom stereocenters. The van der Waals surface area contributed by atoms with E-state index >= 15 is 0 Å². The predicted octanol–water partition coefficient (Wildman–Crippen LogP) is 2.18. The van der Waals surface area contributed by atoms with Gasteiger partial charge in [-0.25, -0.2) is 0 Å². The van der Waals surface area contributed by atoms with Crippen LogP contribution in [0.5, 0.6) is 0 Å². The number of halogens is 1. The van der Waals surface area contributed by atoms with Crippen LogP contribution in [0.3, 0.4) is 0 Å². The summed E-state index contributed by atoms with van der Waals surface area (Å²) >= 11 is 6.07. The van der Waals surface area contributed by atoms with Crippen molar-refractivity contribution < 1.29 is 19.5 Å². The summed E-state index contributed by atoms with van der Waals surface area (Å²) in [4.78, 5) is 39.6. The number of amides is 2. The SMILES string of the molecule is CN1C(=O)C[C@H](C(=O)N2CCC(C(=O)O)CC2)[C@@H]1c1cccc(Cl)c1. The Kier molecular flexibility index (Phi) is 4.99. The zero-order chi connectivity index (χ0) is 18.1. The molecule has 25 heavy (non-hydrogen) atoms. The van der Waals surface area contributed by atoms with E-state index in [2.05, 4.69) is 0 Å². The first-order chi connectivity index (χ1) is 11.9. The number of hydrogen-bond donors (Lipinski definition) is 1. The molecule has 2 fully saturated rings. The highest BCUT2D eigenvalue weighted by Gasteiger charge is 2.44. The number of carbonyl (C=O) groups is 3. The van der Waals surface area contributed by atoms with Crippen molar-refractivity contribution in [1.29, 1.82) is 0 Å². The average molecular weight is 365 g/mol. The van der Waals surface area contributed by atoms with Gasteiger partial charge in [0.05, 0.1) is 17.9 Å². The van der Waals surface area contributed by atoms with Gasteiger partial charge in [0, 0.05) is 31.6 Å². The van der Waals surface area contributed by atoms with Crippen molar-refractivity contribution in [3.63, 3.8) is 0 Å². The molecule has 2 aliphatic heterocycles. The second kappa shape index (κ2) is 7.04. The maximum Gasteiger partial charge on any atom is 0.306 e. The lowest BCUT2D eigenvalue weighted by Gasteiger charge is -2.34. The monoisotopic (exact) mass is 364 g/mol. The second-order valence-electron chi connectivity index (χ2n) is 6.75. The van der Waals surface area contributed by atoms with Gasteiger partial charge in [-0.1, -0.05) is 23.7 Å². The molecule has 2 heterocycles. The molecular weight excluding hydrogens is 344 g/mol. The normalized spacial score (nSPS) is 24.6. The number of nitrogens with zero attached hydrogens (tertiary/aromatic N) is 2. The van der Waals surface area contributed by atoms with Crippen LogP contribution in [0, 0.1) is 11.8 Å². The minimum atomic E-state index is -0.806. The Morgan fingerprint density at radius 3 is 2.52 bits per heavy atom. The Morgan fingerprint density at radius 2 is 1.92 bits per heavy atom. The molecule has 7 heteroatoms. The van der Waals surface area contributed by atoms with Gasteiger partial charge >= 0.3 is 5.97 Å². The molecule has 2 amide bonds. The van der Waals surface area contributed by atoms with Crippen LogP contribution in [-0.4, -0.2) is 52.8 Å². The van der Waals surface area contributed by atoms with Crippen molar-refractivity contribution in [3.8, 4) is 0 Å². The molecule has 0 radical (unpaired) electrons. The van der Waals surface area contributed by atoms with Crippen molar-refractivity contribution in [2.45, 2.75) is 25.3 Å². The quantitative estimate of drug-likeness (QED) is 0.891. The Hall–Kier alpha value is -2.08. The molecule has 2 aliphatic rings. The number of hydrogen-bond acceptors (Lipinski definition) is 3. The Morgan fingerprint density at radius 1 is 1.24 bits per heavy atom. The van der Waals surface area contributed by atoms with Gasteiger partial charge < -0.3 is 14.9 Å². The van der Waals surface area contributed by atoms with E-state index in [1.807, 2.05) is 12.1 Å². The molecule has 1 aromatic carbocycles. The number of carbonyl (C=O) groups excluding carboxylic acids is 2. The first-order valence-electron chi connectivity index (χ1n) is 8.41. The maximum absolute atomic E-state index is 13.0. The lowest BCUT2D eigenvalue weighted by atomic mass is 9.90. The lowest BCUT2D eigenvalue weighted by molar-refractivity contribution is -0.147. The van der Waals surface area contributed by atoms with Crippen LogP contribution in [0.25, 0.3) is 0 Å². The minimum Gasteiger partial charge on any atom is -0.481 e.